The van der Waals surface area contributed by atoms with E-state index >= 15 is 0 Å². The van der Waals surface area contributed by atoms with Crippen molar-refractivity contribution in [3.8, 4) is 0 Å². The van der Waals surface area contributed by atoms with Crippen LogP contribution in [0.4, 0.5) is 0 Å². The number of aliphatic hydroxyl groups is 2. The Labute approximate surface area is 221 Å². The van der Waals surface area contributed by atoms with Gasteiger partial charge in [0.05, 0.1) is 25.7 Å². The summed E-state index contributed by atoms with van der Waals surface area (Å²) in [6.07, 6.45) is 10.6. The second-order valence-electron chi connectivity index (χ2n) is 10.1. The molecule has 3 atom stereocenters. The summed E-state index contributed by atoms with van der Waals surface area (Å²) in [5.74, 6) is -2.55. The Hall–Kier alpha value is -2.24. The van der Waals surface area contributed by atoms with Crippen LogP contribution in [0.15, 0.2) is 0 Å². The Bertz CT molecular complexity index is 661. The minimum atomic E-state index is -1.37. The second kappa shape index (κ2) is 21.8. The number of carbonyl (C=O) groups excluding carboxylic acids is 3. The third-order valence-corrected chi connectivity index (χ3v) is 6.08. The highest BCUT2D eigenvalue weighted by Crippen LogP contribution is 2.14. The van der Waals surface area contributed by atoms with Crippen LogP contribution in [0, 0.1) is 5.92 Å². The van der Waals surface area contributed by atoms with Crippen LogP contribution < -0.4 is 21.7 Å². The number of hydrogen-bond acceptors (Lipinski definition) is 7. The summed E-state index contributed by atoms with van der Waals surface area (Å²) in [6, 6.07) is -2.56. The van der Waals surface area contributed by atoms with E-state index in [2.05, 4.69) is 29.8 Å². The molecular formula is C26H50N4O7. The zero-order valence-electron chi connectivity index (χ0n) is 22.7. The van der Waals surface area contributed by atoms with Gasteiger partial charge >= 0.3 is 5.97 Å². The molecule has 216 valence electrons. The van der Waals surface area contributed by atoms with E-state index in [1.165, 1.54) is 38.5 Å². The van der Waals surface area contributed by atoms with Crippen molar-refractivity contribution in [1.29, 1.82) is 0 Å². The quantitative estimate of drug-likeness (QED) is 0.0958. The summed E-state index contributed by atoms with van der Waals surface area (Å²) in [5.41, 5.74) is 5.36. The topological polar surface area (TPSA) is 191 Å². The molecule has 0 aliphatic rings. The molecule has 0 fully saturated rings. The third-order valence-electron chi connectivity index (χ3n) is 6.08. The number of nitrogens with one attached hydrogen (secondary N) is 3. The lowest BCUT2D eigenvalue weighted by Crippen LogP contribution is -2.54. The van der Waals surface area contributed by atoms with Crippen LogP contribution in [0.25, 0.3) is 0 Å². The second-order valence-corrected chi connectivity index (χ2v) is 10.1. The Morgan fingerprint density at radius 3 is 1.84 bits per heavy atom. The number of carbonyl (C=O) groups is 4. The average Bonchev–Trinajstić information content (AvgIpc) is 2.84. The van der Waals surface area contributed by atoms with Gasteiger partial charge in [-0.25, -0.2) is 4.79 Å². The zero-order valence-corrected chi connectivity index (χ0v) is 22.7. The molecule has 3 unspecified atom stereocenters. The van der Waals surface area contributed by atoms with E-state index in [9.17, 15) is 34.5 Å². The Balaban J connectivity index is 4.07. The van der Waals surface area contributed by atoms with Crippen LogP contribution in [0.1, 0.15) is 97.3 Å². The Morgan fingerprint density at radius 1 is 0.757 bits per heavy atom. The first-order valence-corrected chi connectivity index (χ1v) is 13.7. The van der Waals surface area contributed by atoms with Gasteiger partial charge in [-0.1, -0.05) is 71.6 Å². The largest absolute Gasteiger partial charge is 0.480 e. The van der Waals surface area contributed by atoms with Crippen LogP contribution in [0.3, 0.4) is 0 Å². The van der Waals surface area contributed by atoms with Crippen molar-refractivity contribution < 1.29 is 34.5 Å². The fraction of sp³-hybridized carbons (Fsp3) is 0.846. The predicted molar refractivity (Wildman–Crippen MR) is 142 cm³/mol. The van der Waals surface area contributed by atoms with E-state index in [-0.39, 0.29) is 19.4 Å². The summed E-state index contributed by atoms with van der Waals surface area (Å²) in [5, 5.41) is 35.5. The van der Waals surface area contributed by atoms with Gasteiger partial charge in [0.1, 0.15) is 12.1 Å². The van der Waals surface area contributed by atoms with Crippen molar-refractivity contribution in [1.82, 2.24) is 16.0 Å². The lowest BCUT2D eigenvalue weighted by Gasteiger charge is -2.20. The van der Waals surface area contributed by atoms with Crippen molar-refractivity contribution in [3.63, 3.8) is 0 Å². The van der Waals surface area contributed by atoms with Crippen molar-refractivity contribution in [2.45, 2.75) is 116 Å². The van der Waals surface area contributed by atoms with Gasteiger partial charge in [-0.05, 0) is 31.7 Å². The maximum atomic E-state index is 12.2. The molecule has 0 bridgehead atoms. The third kappa shape index (κ3) is 19.5. The first-order valence-electron chi connectivity index (χ1n) is 13.7. The summed E-state index contributed by atoms with van der Waals surface area (Å²) in [4.78, 5) is 47.5. The number of carboxylic acid groups (broad SMARTS) is 1. The van der Waals surface area contributed by atoms with E-state index in [1.54, 1.807) is 0 Å². The van der Waals surface area contributed by atoms with Crippen LogP contribution >= 0.6 is 0 Å². The number of amides is 3. The predicted octanol–water partition coefficient (Wildman–Crippen LogP) is 1.20. The van der Waals surface area contributed by atoms with Crippen molar-refractivity contribution >= 4 is 23.7 Å². The number of rotatable bonds is 23. The standard InChI is InChI=1S/C26H50N4O7/c1-19(2)12-9-7-5-3-4-6-8-10-13-20(32)16-23(33)28-17-24(34)29-22(18-31)25(35)30-21(26(36)37)14-11-15-27/h19-22,31-32H,3-18,27H2,1-2H3,(H,28,33)(H,29,34)(H,30,35)(H,36,37). The maximum Gasteiger partial charge on any atom is 0.326 e. The summed E-state index contributed by atoms with van der Waals surface area (Å²) in [7, 11) is 0. The first-order chi connectivity index (χ1) is 17.6. The van der Waals surface area contributed by atoms with Crippen molar-refractivity contribution in [2.24, 2.45) is 11.7 Å². The van der Waals surface area contributed by atoms with E-state index in [4.69, 9.17) is 5.73 Å². The number of aliphatic hydroxyl groups excluding tert-OH is 2. The molecule has 0 spiro atoms. The van der Waals surface area contributed by atoms with Crippen LogP contribution in [-0.4, -0.2) is 76.9 Å². The van der Waals surface area contributed by atoms with Gasteiger partial charge in [-0.2, -0.15) is 0 Å². The van der Waals surface area contributed by atoms with Gasteiger partial charge in [-0.15, -0.1) is 0 Å². The molecule has 0 saturated carbocycles. The highest BCUT2D eigenvalue weighted by atomic mass is 16.4. The van der Waals surface area contributed by atoms with E-state index in [0.29, 0.717) is 12.8 Å². The van der Waals surface area contributed by atoms with Gasteiger partial charge in [0.15, 0.2) is 0 Å². The van der Waals surface area contributed by atoms with E-state index < -0.39 is 55.0 Å². The molecule has 0 heterocycles. The molecule has 0 aromatic carbocycles. The summed E-state index contributed by atoms with van der Waals surface area (Å²) >= 11 is 0. The minimum Gasteiger partial charge on any atom is -0.480 e. The van der Waals surface area contributed by atoms with Gasteiger partial charge in [0.25, 0.3) is 0 Å². The fourth-order valence-corrected chi connectivity index (χ4v) is 3.85. The number of carboxylic acids is 1. The maximum absolute atomic E-state index is 12.2. The molecule has 0 aromatic rings. The number of unbranched alkanes of at least 4 members (excludes halogenated alkanes) is 7. The zero-order chi connectivity index (χ0) is 28.1. The minimum absolute atomic E-state index is 0.112. The molecule has 11 nitrogen and oxygen atoms in total. The fourth-order valence-electron chi connectivity index (χ4n) is 3.85. The van der Waals surface area contributed by atoms with Gasteiger partial charge in [0.2, 0.25) is 17.7 Å². The molecule has 8 N–H and O–H groups in total. The molecule has 37 heavy (non-hydrogen) atoms. The van der Waals surface area contributed by atoms with E-state index in [0.717, 1.165) is 25.2 Å². The lowest BCUT2D eigenvalue weighted by molar-refractivity contribution is -0.142. The first kappa shape index (κ1) is 34.8. The molecule has 0 rings (SSSR count). The molecule has 0 aromatic heterocycles. The van der Waals surface area contributed by atoms with Gasteiger partial charge < -0.3 is 37.0 Å². The Kier molecular flexibility index (Phi) is 20.5. The van der Waals surface area contributed by atoms with Gasteiger partial charge in [-0.3, -0.25) is 14.4 Å². The highest BCUT2D eigenvalue weighted by Gasteiger charge is 2.26. The molecule has 0 radical (unpaired) electrons. The van der Waals surface area contributed by atoms with Crippen molar-refractivity contribution in [2.75, 3.05) is 19.7 Å². The number of nitrogens with two attached hydrogens (primary N) is 1. The number of aliphatic carboxylic acids is 1. The number of hydrogen-bond donors (Lipinski definition) is 7. The smallest absolute Gasteiger partial charge is 0.326 e. The van der Waals surface area contributed by atoms with E-state index in [1.807, 2.05) is 0 Å². The normalized spacial score (nSPS) is 13.6. The monoisotopic (exact) mass is 530 g/mol. The van der Waals surface area contributed by atoms with Crippen LogP contribution in [0.2, 0.25) is 0 Å². The summed E-state index contributed by atoms with van der Waals surface area (Å²) < 4.78 is 0. The summed E-state index contributed by atoms with van der Waals surface area (Å²) in [6.45, 7) is 3.57. The molecular weight excluding hydrogens is 480 g/mol. The highest BCUT2D eigenvalue weighted by molar-refractivity contribution is 5.92. The molecule has 11 heteroatoms. The molecule has 0 aliphatic heterocycles. The molecule has 0 saturated heterocycles. The van der Waals surface area contributed by atoms with Crippen molar-refractivity contribution in [3.05, 3.63) is 0 Å². The lowest BCUT2D eigenvalue weighted by atomic mass is 10.0. The molecule has 3 amide bonds. The SMILES string of the molecule is CC(C)CCCCCCCCCCC(O)CC(=O)NCC(=O)NC(CO)C(=O)NC(CCCN)C(=O)O. The van der Waals surface area contributed by atoms with Crippen LogP contribution in [0.5, 0.6) is 0 Å². The average molecular weight is 531 g/mol. The Morgan fingerprint density at radius 2 is 1.32 bits per heavy atom. The molecule has 0 aliphatic carbocycles. The van der Waals surface area contributed by atoms with Crippen LogP contribution in [-0.2, 0) is 19.2 Å². The van der Waals surface area contributed by atoms with Gasteiger partial charge in [0, 0.05) is 0 Å².